The number of nitrogens with zero attached hydrogens (tertiary/aromatic N) is 4. The van der Waals surface area contributed by atoms with Crippen molar-refractivity contribution in [1.82, 2.24) is 20.4 Å². The summed E-state index contributed by atoms with van der Waals surface area (Å²) in [5.41, 5.74) is 1.62. The number of benzene rings is 1. The van der Waals surface area contributed by atoms with E-state index in [1.54, 1.807) is 29.7 Å². The number of hydrogen-bond donors (Lipinski definition) is 1. The molecule has 7 nitrogen and oxygen atoms in total. The van der Waals surface area contributed by atoms with E-state index in [1.807, 2.05) is 30.3 Å². The zero-order valence-corrected chi connectivity index (χ0v) is 20.1. The molecule has 1 aromatic carbocycles. The number of carbonyl (C=O) groups is 1. The van der Waals surface area contributed by atoms with Crippen molar-refractivity contribution in [3.63, 3.8) is 0 Å². The van der Waals surface area contributed by atoms with E-state index in [0.29, 0.717) is 23.3 Å². The van der Waals surface area contributed by atoms with Gasteiger partial charge in [-0.15, -0.1) is 11.3 Å². The molecule has 4 heterocycles. The van der Waals surface area contributed by atoms with Gasteiger partial charge in [0.05, 0.1) is 5.56 Å². The van der Waals surface area contributed by atoms with Crippen LogP contribution < -0.4 is 10.2 Å². The third-order valence-corrected chi connectivity index (χ3v) is 7.15. The number of hydrogen-bond acceptors (Lipinski definition) is 7. The summed E-state index contributed by atoms with van der Waals surface area (Å²) >= 11 is 7.70. The molecule has 0 spiro atoms. The largest absolute Gasteiger partial charge is 0.356 e. The molecular formula is C25H24ClN5O2S. The Labute approximate surface area is 206 Å². The maximum absolute atomic E-state index is 12.6. The van der Waals surface area contributed by atoms with Gasteiger partial charge in [-0.1, -0.05) is 22.8 Å². The first kappa shape index (κ1) is 22.6. The number of nitrogens with one attached hydrogen (secondary N) is 1. The number of rotatable bonds is 7. The lowest BCUT2D eigenvalue weighted by Crippen LogP contribution is -2.41. The maximum Gasteiger partial charge on any atom is 0.261 e. The fraction of sp³-hybridized carbons (Fsp3) is 0.280. The number of pyridine rings is 1. The minimum atomic E-state index is 0.0201. The molecule has 1 aliphatic rings. The molecule has 0 bridgehead atoms. The minimum absolute atomic E-state index is 0.0201. The molecule has 5 rings (SSSR count). The second-order valence-electron chi connectivity index (χ2n) is 8.19. The molecule has 34 heavy (non-hydrogen) atoms. The van der Waals surface area contributed by atoms with Crippen LogP contribution in [0.1, 0.15) is 17.7 Å². The van der Waals surface area contributed by atoms with E-state index in [2.05, 4.69) is 36.8 Å². The first-order valence-electron chi connectivity index (χ1n) is 11.3. The van der Waals surface area contributed by atoms with Crippen LogP contribution in [0.4, 0.5) is 5.82 Å². The smallest absolute Gasteiger partial charge is 0.261 e. The van der Waals surface area contributed by atoms with Crippen LogP contribution in [0.3, 0.4) is 0 Å². The average Bonchev–Trinajstić information content (AvgIpc) is 3.57. The molecule has 0 radical (unpaired) electrons. The second kappa shape index (κ2) is 10.4. The van der Waals surface area contributed by atoms with Crippen molar-refractivity contribution in [2.75, 3.05) is 24.5 Å². The van der Waals surface area contributed by atoms with Crippen molar-refractivity contribution >= 4 is 34.7 Å². The fourth-order valence-corrected chi connectivity index (χ4v) is 4.96. The third-order valence-electron chi connectivity index (χ3n) is 5.96. The number of thiophene rings is 1. The van der Waals surface area contributed by atoms with Crippen molar-refractivity contribution in [2.45, 2.75) is 19.3 Å². The Hall–Kier alpha value is -3.23. The monoisotopic (exact) mass is 493 g/mol. The Morgan fingerprint density at radius 3 is 2.74 bits per heavy atom. The molecule has 1 aliphatic heterocycles. The van der Waals surface area contributed by atoms with Crippen LogP contribution >= 0.6 is 22.9 Å². The van der Waals surface area contributed by atoms with Gasteiger partial charge in [0, 0.05) is 47.2 Å². The topological polar surface area (TPSA) is 84.2 Å². The lowest BCUT2D eigenvalue weighted by atomic mass is 9.95. The Morgan fingerprint density at radius 1 is 1.15 bits per heavy atom. The van der Waals surface area contributed by atoms with Gasteiger partial charge in [0.2, 0.25) is 11.7 Å². The summed E-state index contributed by atoms with van der Waals surface area (Å²) in [6, 6.07) is 15.2. The Kier molecular flexibility index (Phi) is 6.87. The van der Waals surface area contributed by atoms with Crippen molar-refractivity contribution < 1.29 is 9.32 Å². The molecule has 1 fully saturated rings. The fourth-order valence-electron chi connectivity index (χ4n) is 4.13. The van der Waals surface area contributed by atoms with Crippen molar-refractivity contribution in [3.8, 4) is 22.8 Å². The summed E-state index contributed by atoms with van der Waals surface area (Å²) in [4.78, 5) is 25.3. The normalized spacial score (nSPS) is 14.3. The molecule has 0 saturated carbocycles. The molecule has 174 valence electrons. The van der Waals surface area contributed by atoms with Crippen LogP contribution in [0.15, 0.2) is 64.6 Å². The summed E-state index contributed by atoms with van der Waals surface area (Å²) in [5, 5.41) is 9.94. The van der Waals surface area contributed by atoms with E-state index < -0.39 is 0 Å². The van der Waals surface area contributed by atoms with E-state index in [9.17, 15) is 4.79 Å². The highest BCUT2D eigenvalue weighted by Gasteiger charge is 2.27. The molecule has 3 aromatic heterocycles. The Morgan fingerprint density at radius 2 is 1.97 bits per heavy atom. The molecule has 4 aromatic rings. The van der Waals surface area contributed by atoms with Gasteiger partial charge in [0.25, 0.3) is 5.89 Å². The molecule has 1 saturated heterocycles. The molecule has 9 heteroatoms. The second-order valence-corrected chi connectivity index (χ2v) is 9.65. The predicted octanol–water partition coefficient (Wildman–Crippen LogP) is 5.09. The predicted molar refractivity (Wildman–Crippen MR) is 134 cm³/mol. The summed E-state index contributed by atoms with van der Waals surface area (Å²) in [6.45, 7) is 2.16. The highest BCUT2D eigenvalue weighted by molar-refractivity contribution is 7.09. The standard InChI is InChI=1S/C25H24ClN5O2S/c26-19-7-5-17(6-8-19)22-29-25(33-30-22)21-4-1-12-27-23(21)31-14-10-18(11-15-31)24(32)28-13-9-20-3-2-16-34-20/h1-8,12,16,18H,9-11,13-15H2,(H,28,32). The van der Waals surface area contributed by atoms with Gasteiger partial charge in [-0.25, -0.2) is 4.98 Å². The van der Waals surface area contributed by atoms with Gasteiger partial charge in [-0.05, 0) is 67.1 Å². The van der Waals surface area contributed by atoms with E-state index in [0.717, 1.165) is 49.3 Å². The number of aromatic nitrogens is 3. The Balaban J connectivity index is 1.22. The number of carbonyl (C=O) groups excluding carboxylic acids is 1. The molecule has 0 aliphatic carbocycles. The quantitative estimate of drug-likeness (QED) is 0.386. The third kappa shape index (κ3) is 5.13. The number of anilines is 1. The first-order valence-corrected chi connectivity index (χ1v) is 12.5. The van der Waals surface area contributed by atoms with E-state index in [1.165, 1.54) is 4.88 Å². The number of halogens is 1. The zero-order chi connectivity index (χ0) is 23.3. The van der Waals surface area contributed by atoms with Crippen LogP contribution in [0.5, 0.6) is 0 Å². The molecule has 1 amide bonds. The lowest BCUT2D eigenvalue weighted by Gasteiger charge is -2.32. The summed E-state index contributed by atoms with van der Waals surface area (Å²) in [7, 11) is 0. The van der Waals surface area contributed by atoms with Gasteiger partial charge in [0.15, 0.2) is 0 Å². The maximum atomic E-state index is 12.6. The van der Waals surface area contributed by atoms with Crippen LogP contribution in [0.25, 0.3) is 22.8 Å². The Bertz CT molecular complexity index is 1230. The van der Waals surface area contributed by atoms with E-state index in [-0.39, 0.29) is 11.8 Å². The van der Waals surface area contributed by atoms with Crippen LogP contribution in [0, 0.1) is 5.92 Å². The number of piperidine rings is 1. The lowest BCUT2D eigenvalue weighted by molar-refractivity contribution is -0.125. The van der Waals surface area contributed by atoms with Gasteiger partial charge in [-0.2, -0.15) is 4.98 Å². The SMILES string of the molecule is O=C(NCCc1cccs1)C1CCN(c2ncccc2-c2nc(-c3ccc(Cl)cc3)no2)CC1. The van der Waals surface area contributed by atoms with Crippen LogP contribution in [0.2, 0.25) is 5.02 Å². The summed E-state index contributed by atoms with van der Waals surface area (Å²) in [5.74, 6) is 1.87. The van der Waals surface area contributed by atoms with Crippen LogP contribution in [-0.2, 0) is 11.2 Å². The first-order chi connectivity index (χ1) is 16.7. The van der Waals surface area contributed by atoms with Crippen LogP contribution in [-0.4, -0.2) is 40.7 Å². The average molecular weight is 494 g/mol. The molecular weight excluding hydrogens is 470 g/mol. The molecule has 0 unspecified atom stereocenters. The zero-order valence-electron chi connectivity index (χ0n) is 18.5. The highest BCUT2D eigenvalue weighted by Crippen LogP contribution is 2.32. The van der Waals surface area contributed by atoms with E-state index >= 15 is 0 Å². The van der Waals surface area contributed by atoms with E-state index in [4.69, 9.17) is 16.1 Å². The van der Waals surface area contributed by atoms with Gasteiger partial charge >= 0.3 is 0 Å². The summed E-state index contributed by atoms with van der Waals surface area (Å²) in [6.07, 6.45) is 4.20. The van der Waals surface area contributed by atoms with Gasteiger partial charge in [0.1, 0.15) is 5.82 Å². The minimum Gasteiger partial charge on any atom is -0.356 e. The van der Waals surface area contributed by atoms with Crippen molar-refractivity contribution in [1.29, 1.82) is 0 Å². The van der Waals surface area contributed by atoms with Crippen molar-refractivity contribution in [2.24, 2.45) is 5.92 Å². The molecule has 0 atom stereocenters. The van der Waals surface area contributed by atoms with Gasteiger partial charge < -0.3 is 14.7 Å². The molecule has 1 N–H and O–H groups in total. The highest BCUT2D eigenvalue weighted by atomic mass is 35.5. The van der Waals surface area contributed by atoms with Crippen molar-refractivity contribution in [3.05, 3.63) is 70.0 Å². The number of amides is 1. The van der Waals surface area contributed by atoms with Gasteiger partial charge in [-0.3, -0.25) is 4.79 Å². The summed E-state index contributed by atoms with van der Waals surface area (Å²) < 4.78 is 5.58.